The van der Waals surface area contributed by atoms with Gasteiger partial charge in [0.2, 0.25) is 5.91 Å². The van der Waals surface area contributed by atoms with Crippen molar-refractivity contribution in [1.29, 1.82) is 0 Å². The molecular weight excluding hydrogens is 200 g/mol. The van der Waals surface area contributed by atoms with Gasteiger partial charge in [-0.05, 0) is 32.0 Å². The van der Waals surface area contributed by atoms with E-state index in [1.807, 2.05) is 7.05 Å². The minimum absolute atomic E-state index is 0.243. The molecule has 0 atom stereocenters. The number of hydrogen-bond donors (Lipinski definition) is 1. The molecule has 88 valence electrons. The molecule has 1 amide bonds. The summed E-state index contributed by atoms with van der Waals surface area (Å²) < 4.78 is 0. The summed E-state index contributed by atoms with van der Waals surface area (Å²) in [6.45, 7) is 5.78. The Morgan fingerprint density at radius 2 is 2.06 bits per heavy atom. The van der Waals surface area contributed by atoms with Gasteiger partial charge in [-0.1, -0.05) is 23.8 Å². The lowest BCUT2D eigenvalue weighted by molar-refractivity contribution is -0.118. The molecule has 16 heavy (non-hydrogen) atoms. The second-order valence-electron chi connectivity index (χ2n) is 4.38. The second-order valence-corrected chi connectivity index (χ2v) is 4.38. The van der Waals surface area contributed by atoms with Crippen molar-refractivity contribution < 1.29 is 4.79 Å². The quantitative estimate of drug-likeness (QED) is 0.819. The average Bonchev–Trinajstić information content (AvgIpc) is 2.19. The van der Waals surface area contributed by atoms with Crippen molar-refractivity contribution in [3.8, 4) is 0 Å². The van der Waals surface area contributed by atoms with Crippen LogP contribution < -0.4 is 5.73 Å². The highest BCUT2D eigenvalue weighted by molar-refractivity contribution is 5.73. The van der Waals surface area contributed by atoms with Crippen molar-refractivity contribution in [1.82, 2.24) is 4.90 Å². The standard InChI is InChI=1S/C13H20N2O/c1-10-4-5-12(11(2)8-10)9-15(3)7-6-13(14)16/h4-5,8H,6-7,9H2,1-3H3,(H2,14,16). The number of amides is 1. The second kappa shape index (κ2) is 5.66. The molecule has 0 bridgehead atoms. The summed E-state index contributed by atoms with van der Waals surface area (Å²) in [7, 11) is 2.00. The molecule has 0 radical (unpaired) electrons. The Morgan fingerprint density at radius 1 is 1.38 bits per heavy atom. The fourth-order valence-corrected chi connectivity index (χ4v) is 1.69. The van der Waals surface area contributed by atoms with Crippen LogP contribution in [0.1, 0.15) is 23.1 Å². The summed E-state index contributed by atoms with van der Waals surface area (Å²) >= 11 is 0. The van der Waals surface area contributed by atoms with Gasteiger partial charge in [0.15, 0.2) is 0 Å². The Hall–Kier alpha value is -1.35. The molecule has 3 heteroatoms. The van der Waals surface area contributed by atoms with Gasteiger partial charge in [-0.2, -0.15) is 0 Å². The maximum Gasteiger partial charge on any atom is 0.218 e. The van der Waals surface area contributed by atoms with E-state index < -0.39 is 0 Å². The third-order valence-electron chi connectivity index (χ3n) is 2.68. The average molecular weight is 220 g/mol. The van der Waals surface area contributed by atoms with Crippen molar-refractivity contribution in [3.05, 3.63) is 34.9 Å². The van der Waals surface area contributed by atoms with Crippen LogP contribution in [0.15, 0.2) is 18.2 Å². The zero-order chi connectivity index (χ0) is 12.1. The van der Waals surface area contributed by atoms with Crippen LogP contribution in [0.5, 0.6) is 0 Å². The van der Waals surface area contributed by atoms with E-state index in [2.05, 4.69) is 36.9 Å². The van der Waals surface area contributed by atoms with Crippen LogP contribution in [-0.4, -0.2) is 24.4 Å². The topological polar surface area (TPSA) is 46.3 Å². The summed E-state index contributed by atoms with van der Waals surface area (Å²) in [5.74, 6) is -0.243. The molecule has 0 saturated carbocycles. The first-order chi connectivity index (χ1) is 7.49. The van der Waals surface area contributed by atoms with Gasteiger partial charge < -0.3 is 10.6 Å². The molecule has 0 unspecified atom stereocenters. The molecule has 0 spiro atoms. The molecule has 0 heterocycles. The molecular formula is C13H20N2O. The van der Waals surface area contributed by atoms with Crippen molar-refractivity contribution >= 4 is 5.91 Å². The summed E-state index contributed by atoms with van der Waals surface area (Å²) in [5.41, 5.74) is 9.00. The third kappa shape index (κ3) is 4.03. The highest BCUT2D eigenvalue weighted by atomic mass is 16.1. The fourth-order valence-electron chi connectivity index (χ4n) is 1.69. The van der Waals surface area contributed by atoms with Crippen molar-refractivity contribution in [3.63, 3.8) is 0 Å². The van der Waals surface area contributed by atoms with Crippen molar-refractivity contribution in [2.75, 3.05) is 13.6 Å². The van der Waals surface area contributed by atoms with Crippen LogP contribution in [-0.2, 0) is 11.3 Å². The van der Waals surface area contributed by atoms with Crippen LogP contribution in [0.4, 0.5) is 0 Å². The summed E-state index contributed by atoms with van der Waals surface area (Å²) in [6.07, 6.45) is 0.418. The predicted molar refractivity (Wildman–Crippen MR) is 66.1 cm³/mol. The van der Waals surface area contributed by atoms with Crippen molar-refractivity contribution in [2.45, 2.75) is 26.8 Å². The van der Waals surface area contributed by atoms with Crippen LogP contribution in [0.2, 0.25) is 0 Å². The SMILES string of the molecule is Cc1ccc(CN(C)CCC(N)=O)c(C)c1. The number of nitrogens with zero attached hydrogens (tertiary/aromatic N) is 1. The molecule has 1 rings (SSSR count). The lowest BCUT2D eigenvalue weighted by Crippen LogP contribution is -2.24. The van der Waals surface area contributed by atoms with Crippen LogP contribution in [0, 0.1) is 13.8 Å². The Bertz CT molecular complexity index is 374. The minimum Gasteiger partial charge on any atom is -0.370 e. The molecule has 0 fully saturated rings. The Balaban J connectivity index is 2.55. The number of carbonyl (C=O) groups is 1. The number of benzene rings is 1. The van der Waals surface area contributed by atoms with E-state index in [1.54, 1.807) is 0 Å². The summed E-state index contributed by atoms with van der Waals surface area (Å²) in [4.78, 5) is 12.8. The lowest BCUT2D eigenvalue weighted by Gasteiger charge is -2.17. The molecule has 0 aliphatic rings. The molecule has 1 aromatic rings. The van der Waals surface area contributed by atoms with Gasteiger partial charge in [-0.25, -0.2) is 0 Å². The first-order valence-electron chi connectivity index (χ1n) is 5.52. The summed E-state index contributed by atoms with van der Waals surface area (Å²) in [5, 5.41) is 0. The van der Waals surface area contributed by atoms with Crippen LogP contribution in [0.3, 0.4) is 0 Å². The first kappa shape index (κ1) is 12.7. The molecule has 0 aliphatic carbocycles. The molecule has 3 nitrogen and oxygen atoms in total. The molecule has 1 aromatic carbocycles. The molecule has 2 N–H and O–H groups in total. The Labute approximate surface area is 97.2 Å². The zero-order valence-corrected chi connectivity index (χ0v) is 10.3. The number of aryl methyl sites for hydroxylation is 2. The van der Waals surface area contributed by atoms with Gasteiger partial charge >= 0.3 is 0 Å². The normalized spacial score (nSPS) is 10.8. The monoisotopic (exact) mass is 220 g/mol. The van der Waals surface area contributed by atoms with Gasteiger partial charge in [0, 0.05) is 19.5 Å². The zero-order valence-electron chi connectivity index (χ0n) is 10.3. The maximum absolute atomic E-state index is 10.7. The molecule has 0 saturated heterocycles. The highest BCUT2D eigenvalue weighted by Crippen LogP contribution is 2.12. The largest absolute Gasteiger partial charge is 0.370 e. The van der Waals surface area contributed by atoms with E-state index in [1.165, 1.54) is 16.7 Å². The number of nitrogens with two attached hydrogens (primary N) is 1. The minimum atomic E-state index is -0.243. The number of hydrogen-bond acceptors (Lipinski definition) is 2. The first-order valence-corrected chi connectivity index (χ1v) is 5.52. The van der Waals surface area contributed by atoms with Crippen LogP contribution >= 0.6 is 0 Å². The van der Waals surface area contributed by atoms with Crippen LogP contribution in [0.25, 0.3) is 0 Å². The fraction of sp³-hybridized carbons (Fsp3) is 0.462. The van der Waals surface area contributed by atoms with E-state index >= 15 is 0 Å². The Kier molecular flexibility index (Phi) is 4.50. The highest BCUT2D eigenvalue weighted by Gasteiger charge is 2.04. The number of rotatable bonds is 5. The Morgan fingerprint density at radius 3 is 2.62 bits per heavy atom. The summed E-state index contributed by atoms with van der Waals surface area (Å²) in [6, 6.07) is 6.44. The van der Waals surface area contributed by atoms with E-state index in [4.69, 9.17) is 5.73 Å². The van der Waals surface area contributed by atoms with Gasteiger partial charge in [-0.3, -0.25) is 4.79 Å². The number of carbonyl (C=O) groups excluding carboxylic acids is 1. The smallest absolute Gasteiger partial charge is 0.218 e. The number of primary amides is 1. The molecule has 0 aromatic heterocycles. The van der Waals surface area contributed by atoms with E-state index in [-0.39, 0.29) is 5.91 Å². The van der Waals surface area contributed by atoms with E-state index in [9.17, 15) is 4.79 Å². The predicted octanol–water partition coefficient (Wildman–Crippen LogP) is 1.61. The van der Waals surface area contributed by atoms with Gasteiger partial charge in [0.05, 0.1) is 0 Å². The maximum atomic E-state index is 10.7. The third-order valence-corrected chi connectivity index (χ3v) is 2.68. The molecule has 0 aliphatic heterocycles. The van der Waals surface area contributed by atoms with E-state index in [0.717, 1.165) is 6.54 Å². The van der Waals surface area contributed by atoms with E-state index in [0.29, 0.717) is 13.0 Å². The lowest BCUT2D eigenvalue weighted by atomic mass is 10.1. The van der Waals surface area contributed by atoms with Gasteiger partial charge in [0.1, 0.15) is 0 Å². The van der Waals surface area contributed by atoms with Gasteiger partial charge in [-0.15, -0.1) is 0 Å². The van der Waals surface area contributed by atoms with Crippen molar-refractivity contribution in [2.24, 2.45) is 5.73 Å². The van der Waals surface area contributed by atoms with Gasteiger partial charge in [0.25, 0.3) is 0 Å².